The lowest BCUT2D eigenvalue weighted by Crippen LogP contribution is -2.40. The number of nitrogens with zero attached hydrogens (tertiary/aromatic N) is 1. The fourth-order valence-corrected chi connectivity index (χ4v) is 4.18. The highest BCUT2D eigenvalue weighted by atomic mass is 19.1. The molecule has 4 N–H and O–H groups in total. The van der Waals surface area contributed by atoms with Gasteiger partial charge in [0.05, 0.1) is 5.56 Å². The summed E-state index contributed by atoms with van der Waals surface area (Å²) in [6, 6.07) is 13.0. The number of H-pyrrole nitrogens is 1. The minimum absolute atomic E-state index is 0.0185. The molecule has 1 aromatic heterocycles. The van der Waals surface area contributed by atoms with Crippen LogP contribution in [0.2, 0.25) is 0 Å². The quantitative estimate of drug-likeness (QED) is 0.416. The van der Waals surface area contributed by atoms with E-state index < -0.39 is 5.82 Å². The SMILES string of the molecule is CNC[C@@H]1CCCN1C(=O)c1ccc(N/C=C(\C=N)c2cc3cc(F)ccc3[nH]c2=O)cc1. The molecule has 0 bridgehead atoms. The van der Waals surface area contributed by atoms with Crippen LogP contribution in [-0.4, -0.2) is 48.2 Å². The van der Waals surface area contributed by atoms with E-state index >= 15 is 0 Å². The van der Waals surface area contributed by atoms with Gasteiger partial charge in [-0.05, 0) is 68.4 Å². The molecular formula is C25H26FN5O2. The molecule has 1 saturated heterocycles. The minimum Gasteiger partial charge on any atom is -0.361 e. The largest absolute Gasteiger partial charge is 0.361 e. The number of carbonyl (C=O) groups is 1. The van der Waals surface area contributed by atoms with Crippen molar-refractivity contribution in [1.82, 2.24) is 15.2 Å². The first kappa shape index (κ1) is 22.4. The lowest BCUT2D eigenvalue weighted by molar-refractivity contribution is 0.0737. The van der Waals surface area contributed by atoms with Gasteiger partial charge in [-0.1, -0.05) is 0 Å². The fourth-order valence-electron chi connectivity index (χ4n) is 4.18. The maximum absolute atomic E-state index is 13.6. The third kappa shape index (κ3) is 4.85. The predicted octanol–water partition coefficient (Wildman–Crippen LogP) is 3.59. The molecule has 7 nitrogen and oxygen atoms in total. The Morgan fingerprint density at radius 3 is 2.76 bits per heavy atom. The summed E-state index contributed by atoms with van der Waals surface area (Å²) < 4.78 is 13.6. The number of allylic oxidation sites excluding steroid dienone is 1. The Kier molecular flexibility index (Phi) is 6.65. The van der Waals surface area contributed by atoms with E-state index in [9.17, 15) is 14.0 Å². The summed E-state index contributed by atoms with van der Waals surface area (Å²) in [6.45, 7) is 1.55. The molecule has 8 heteroatoms. The van der Waals surface area contributed by atoms with E-state index in [1.807, 2.05) is 11.9 Å². The molecule has 1 fully saturated rings. The Bertz CT molecular complexity index is 1270. The van der Waals surface area contributed by atoms with Crippen molar-refractivity contribution in [3.8, 4) is 0 Å². The van der Waals surface area contributed by atoms with Crippen molar-refractivity contribution in [1.29, 1.82) is 5.41 Å². The second kappa shape index (κ2) is 9.79. The van der Waals surface area contributed by atoms with Crippen molar-refractivity contribution in [2.75, 3.05) is 25.5 Å². The van der Waals surface area contributed by atoms with Gasteiger partial charge in [0.2, 0.25) is 0 Å². The van der Waals surface area contributed by atoms with Crippen molar-refractivity contribution in [3.05, 3.63) is 82.0 Å². The van der Waals surface area contributed by atoms with Gasteiger partial charge in [0.15, 0.2) is 0 Å². The van der Waals surface area contributed by atoms with Crippen molar-refractivity contribution in [3.63, 3.8) is 0 Å². The molecule has 2 aromatic carbocycles. The van der Waals surface area contributed by atoms with E-state index in [2.05, 4.69) is 15.6 Å². The van der Waals surface area contributed by atoms with Crippen LogP contribution in [0.4, 0.5) is 10.1 Å². The van der Waals surface area contributed by atoms with E-state index in [0.717, 1.165) is 32.1 Å². The maximum atomic E-state index is 13.6. The molecule has 1 aliphatic heterocycles. The van der Waals surface area contributed by atoms with Crippen LogP contribution in [0.15, 0.2) is 59.5 Å². The molecule has 170 valence electrons. The second-order valence-corrected chi connectivity index (χ2v) is 8.06. The zero-order valence-electron chi connectivity index (χ0n) is 18.3. The number of amides is 1. The number of aromatic nitrogens is 1. The van der Waals surface area contributed by atoms with E-state index in [-0.39, 0.29) is 23.1 Å². The van der Waals surface area contributed by atoms with E-state index in [1.54, 1.807) is 36.5 Å². The van der Waals surface area contributed by atoms with Crippen LogP contribution in [0.5, 0.6) is 0 Å². The van der Waals surface area contributed by atoms with Crippen molar-refractivity contribution in [2.24, 2.45) is 0 Å². The topological polar surface area (TPSA) is 101 Å². The van der Waals surface area contributed by atoms with Gasteiger partial charge in [-0.25, -0.2) is 4.39 Å². The number of hydrogen-bond donors (Lipinski definition) is 4. The zero-order valence-corrected chi connectivity index (χ0v) is 18.3. The van der Waals surface area contributed by atoms with E-state index in [4.69, 9.17) is 5.41 Å². The van der Waals surface area contributed by atoms with Gasteiger partial charge in [0.1, 0.15) is 5.82 Å². The summed E-state index contributed by atoms with van der Waals surface area (Å²) in [5, 5.41) is 14.5. The lowest BCUT2D eigenvalue weighted by Gasteiger charge is -2.24. The van der Waals surface area contributed by atoms with Crippen LogP contribution in [0.1, 0.15) is 28.8 Å². The standard InChI is InChI=1S/C25H26FN5O2/c1-28-15-21-3-2-10-31(21)25(33)16-4-7-20(8-5-16)29-14-18(13-27)22-12-17-11-19(26)6-9-23(17)30-24(22)32/h4-9,11-14,21,27-29H,2-3,10,15H2,1H3,(H,30,32)/b18-14+,27-13?/t21-/m0/s1. The number of likely N-dealkylation sites (tertiary alicyclic amines) is 1. The monoisotopic (exact) mass is 447 g/mol. The average molecular weight is 448 g/mol. The molecule has 2 heterocycles. The predicted molar refractivity (Wildman–Crippen MR) is 129 cm³/mol. The molecule has 0 spiro atoms. The van der Waals surface area contributed by atoms with Crippen LogP contribution in [0.3, 0.4) is 0 Å². The molecule has 0 unspecified atom stereocenters. The number of nitrogens with one attached hydrogen (secondary N) is 4. The van der Waals surface area contributed by atoms with Gasteiger partial charge in [0, 0.05) is 59.3 Å². The van der Waals surface area contributed by atoms with Gasteiger partial charge in [0.25, 0.3) is 11.5 Å². The van der Waals surface area contributed by atoms with Crippen molar-refractivity contribution in [2.45, 2.75) is 18.9 Å². The highest BCUT2D eigenvalue weighted by Gasteiger charge is 2.28. The Morgan fingerprint density at radius 2 is 2.03 bits per heavy atom. The van der Waals surface area contributed by atoms with Crippen molar-refractivity contribution >= 4 is 34.3 Å². The number of anilines is 1. The lowest BCUT2D eigenvalue weighted by atomic mass is 10.1. The normalized spacial score (nSPS) is 16.2. The number of benzene rings is 2. The van der Waals surface area contributed by atoms with Gasteiger partial charge in [-0.15, -0.1) is 0 Å². The molecule has 0 saturated carbocycles. The summed E-state index contributed by atoms with van der Waals surface area (Å²) in [4.78, 5) is 30.0. The second-order valence-electron chi connectivity index (χ2n) is 8.06. The first-order chi connectivity index (χ1) is 16.0. The third-order valence-corrected chi connectivity index (χ3v) is 5.88. The smallest absolute Gasteiger partial charge is 0.256 e. The Morgan fingerprint density at radius 1 is 1.24 bits per heavy atom. The molecule has 1 amide bonds. The molecule has 33 heavy (non-hydrogen) atoms. The van der Waals surface area contributed by atoms with Crippen LogP contribution < -0.4 is 16.2 Å². The number of halogens is 1. The average Bonchev–Trinajstić information content (AvgIpc) is 3.28. The van der Waals surface area contributed by atoms with Gasteiger partial charge >= 0.3 is 0 Å². The Hall–Kier alpha value is -3.78. The summed E-state index contributed by atoms with van der Waals surface area (Å²) in [7, 11) is 1.89. The summed E-state index contributed by atoms with van der Waals surface area (Å²) in [5.74, 6) is -0.384. The molecule has 0 radical (unpaired) electrons. The molecule has 1 atom stereocenters. The fraction of sp³-hybridized carbons (Fsp3) is 0.240. The van der Waals surface area contributed by atoms with Crippen LogP contribution in [0.25, 0.3) is 16.5 Å². The van der Waals surface area contributed by atoms with Crippen LogP contribution in [0, 0.1) is 11.2 Å². The van der Waals surface area contributed by atoms with Crippen LogP contribution >= 0.6 is 0 Å². The highest BCUT2D eigenvalue weighted by Crippen LogP contribution is 2.21. The number of rotatable bonds is 7. The Balaban J connectivity index is 1.52. The molecular weight excluding hydrogens is 421 g/mol. The van der Waals surface area contributed by atoms with Gasteiger partial charge in [-0.2, -0.15) is 0 Å². The number of pyridine rings is 1. The third-order valence-electron chi connectivity index (χ3n) is 5.88. The van der Waals surface area contributed by atoms with Gasteiger partial charge in [-0.3, -0.25) is 9.59 Å². The number of aromatic amines is 1. The van der Waals surface area contributed by atoms with E-state index in [1.165, 1.54) is 18.2 Å². The summed E-state index contributed by atoms with van der Waals surface area (Å²) in [6.07, 6.45) is 4.62. The van der Waals surface area contributed by atoms with Gasteiger partial charge < -0.3 is 25.9 Å². The number of hydrogen-bond acceptors (Lipinski definition) is 5. The molecule has 4 rings (SSSR count). The molecule has 0 aliphatic carbocycles. The number of carbonyl (C=O) groups excluding carboxylic acids is 1. The van der Waals surface area contributed by atoms with E-state index in [0.29, 0.717) is 27.7 Å². The first-order valence-electron chi connectivity index (χ1n) is 10.9. The molecule has 3 aromatic rings. The Labute approximate surface area is 190 Å². The minimum atomic E-state index is -0.403. The van der Waals surface area contributed by atoms with Crippen molar-refractivity contribution < 1.29 is 9.18 Å². The number of likely N-dealkylation sites (N-methyl/N-ethyl adjacent to an activating group) is 1. The van der Waals surface area contributed by atoms with Crippen LogP contribution in [-0.2, 0) is 0 Å². The first-order valence-corrected chi connectivity index (χ1v) is 10.9. The number of fused-ring (bicyclic) bond motifs is 1. The summed E-state index contributed by atoms with van der Waals surface area (Å²) in [5.41, 5.74) is 2.09. The zero-order chi connectivity index (χ0) is 23.4. The summed E-state index contributed by atoms with van der Waals surface area (Å²) >= 11 is 0. The maximum Gasteiger partial charge on any atom is 0.256 e. The highest BCUT2D eigenvalue weighted by molar-refractivity contribution is 6.09. The molecule has 1 aliphatic rings.